The second-order valence-corrected chi connectivity index (χ2v) is 5.38. The molecule has 1 aliphatic rings. The van der Waals surface area contributed by atoms with E-state index in [9.17, 15) is 9.18 Å². The van der Waals surface area contributed by atoms with E-state index in [1.165, 1.54) is 12.1 Å². The molecule has 0 fully saturated rings. The number of halogens is 1. The van der Waals surface area contributed by atoms with Gasteiger partial charge in [0.25, 0.3) is 5.91 Å². The summed E-state index contributed by atoms with van der Waals surface area (Å²) in [5.74, 6) is 0.337. The fraction of sp³-hybridized carbons (Fsp3) is 0.294. The molecule has 120 valence electrons. The number of amides is 1. The molecule has 1 N–H and O–H groups in total. The van der Waals surface area contributed by atoms with E-state index < -0.39 is 6.10 Å². The van der Waals surface area contributed by atoms with E-state index in [1.807, 2.05) is 18.2 Å². The molecular weight excluding hydrogens is 299 g/mol. The molecule has 0 saturated carbocycles. The highest BCUT2D eigenvalue weighted by Crippen LogP contribution is 2.15. The van der Waals surface area contributed by atoms with Crippen molar-refractivity contribution >= 4 is 11.6 Å². The molecule has 6 heteroatoms. The molecular formula is C17H17FN2O3. The Morgan fingerprint density at radius 1 is 1.35 bits per heavy atom. The Bertz CT molecular complexity index is 698. The third-order valence-corrected chi connectivity index (χ3v) is 3.57. The summed E-state index contributed by atoms with van der Waals surface area (Å²) in [6, 6.07) is 10.00. The zero-order chi connectivity index (χ0) is 16.1. The van der Waals surface area contributed by atoms with Crippen molar-refractivity contribution in [3.05, 3.63) is 59.8 Å². The number of nitrogens with one attached hydrogen (secondary N) is 1. The molecule has 1 amide bonds. The van der Waals surface area contributed by atoms with Crippen LogP contribution in [0, 0.1) is 5.82 Å². The monoisotopic (exact) mass is 316 g/mol. The molecule has 1 aromatic heterocycles. The van der Waals surface area contributed by atoms with E-state index in [1.54, 1.807) is 12.3 Å². The van der Waals surface area contributed by atoms with Crippen LogP contribution in [0.3, 0.4) is 0 Å². The average molecular weight is 316 g/mol. The Morgan fingerprint density at radius 2 is 2.26 bits per heavy atom. The van der Waals surface area contributed by atoms with Crippen molar-refractivity contribution in [1.82, 2.24) is 5.32 Å². The van der Waals surface area contributed by atoms with Gasteiger partial charge in [0, 0.05) is 25.8 Å². The van der Waals surface area contributed by atoms with Gasteiger partial charge in [0.15, 0.2) is 0 Å². The van der Waals surface area contributed by atoms with Gasteiger partial charge in [-0.2, -0.15) is 0 Å². The van der Waals surface area contributed by atoms with Crippen LogP contribution in [-0.2, 0) is 22.5 Å². The number of benzene rings is 1. The summed E-state index contributed by atoms with van der Waals surface area (Å²) in [7, 11) is 0. The SMILES string of the molecule is O=C(NCCc1ccco1)[C@@H]1CC(Cc2cccc(F)c2)=NO1. The summed E-state index contributed by atoms with van der Waals surface area (Å²) in [6.07, 6.45) is 2.51. The molecule has 0 aliphatic carbocycles. The van der Waals surface area contributed by atoms with E-state index in [0.717, 1.165) is 17.0 Å². The van der Waals surface area contributed by atoms with Gasteiger partial charge in [-0.05, 0) is 29.8 Å². The Hall–Kier alpha value is -2.63. The molecule has 1 aliphatic heterocycles. The van der Waals surface area contributed by atoms with Crippen molar-refractivity contribution in [2.24, 2.45) is 5.16 Å². The predicted molar refractivity (Wildman–Crippen MR) is 82.5 cm³/mol. The molecule has 0 radical (unpaired) electrons. The van der Waals surface area contributed by atoms with Gasteiger partial charge in [0.2, 0.25) is 6.10 Å². The quantitative estimate of drug-likeness (QED) is 0.890. The van der Waals surface area contributed by atoms with Crippen LogP contribution in [0.25, 0.3) is 0 Å². The molecule has 3 rings (SSSR count). The van der Waals surface area contributed by atoms with Gasteiger partial charge in [-0.25, -0.2) is 4.39 Å². The summed E-state index contributed by atoms with van der Waals surface area (Å²) < 4.78 is 18.4. The molecule has 5 nitrogen and oxygen atoms in total. The lowest BCUT2D eigenvalue weighted by Crippen LogP contribution is -2.36. The number of carbonyl (C=O) groups is 1. The van der Waals surface area contributed by atoms with E-state index in [4.69, 9.17) is 9.25 Å². The van der Waals surface area contributed by atoms with Gasteiger partial charge < -0.3 is 14.6 Å². The van der Waals surface area contributed by atoms with E-state index in [-0.39, 0.29) is 11.7 Å². The molecule has 23 heavy (non-hydrogen) atoms. The van der Waals surface area contributed by atoms with Gasteiger partial charge in [0.1, 0.15) is 11.6 Å². The standard InChI is InChI=1S/C17H17FN2O3/c18-13-4-1-3-12(9-13)10-14-11-16(23-20-14)17(21)19-7-6-15-5-2-8-22-15/h1-5,8-9,16H,6-7,10-11H2,(H,19,21)/t16-/m0/s1. The first kappa shape index (κ1) is 15.3. The number of furan rings is 1. The van der Waals surface area contributed by atoms with Crippen LogP contribution in [0.2, 0.25) is 0 Å². The summed E-state index contributed by atoms with van der Waals surface area (Å²) in [4.78, 5) is 17.2. The predicted octanol–water partition coefficient (Wildman–Crippen LogP) is 2.46. The highest BCUT2D eigenvalue weighted by Gasteiger charge is 2.27. The number of nitrogens with zero attached hydrogens (tertiary/aromatic N) is 1. The molecule has 0 saturated heterocycles. The zero-order valence-corrected chi connectivity index (χ0v) is 12.5. The average Bonchev–Trinajstić information content (AvgIpc) is 3.19. The Morgan fingerprint density at radius 3 is 3.04 bits per heavy atom. The highest BCUT2D eigenvalue weighted by molar-refractivity contribution is 5.93. The number of hydrogen-bond acceptors (Lipinski definition) is 4. The van der Waals surface area contributed by atoms with E-state index in [2.05, 4.69) is 10.5 Å². The lowest BCUT2D eigenvalue weighted by atomic mass is 10.0. The van der Waals surface area contributed by atoms with Crippen molar-refractivity contribution < 1.29 is 18.4 Å². The fourth-order valence-electron chi connectivity index (χ4n) is 2.43. The van der Waals surface area contributed by atoms with Crippen LogP contribution in [0.5, 0.6) is 0 Å². The van der Waals surface area contributed by atoms with Crippen molar-refractivity contribution in [3.8, 4) is 0 Å². The number of carbonyl (C=O) groups excluding carboxylic acids is 1. The number of oxime groups is 1. The van der Waals surface area contributed by atoms with Crippen LogP contribution in [0.4, 0.5) is 4.39 Å². The second-order valence-electron chi connectivity index (χ2n) is 5.38. The maximum absolute atomic E-state index is 13.2. The van der Waals surface area contributed by atoms with Crippen molar-refractivity contribution in [2.45, 2.75) is 25.4 Å². The summed E-state index contributed by atoms with van der Waals surface area (Å²) in [5, 5.41) is 6.74. The largest absolute Gasteiger partial charge is 0.469 e. The molecule has 1 aromatic carbocycles. The van der Waals surface area contributed by atoms with Crippen LogP contribution in [-0.4, -0.2) is 24.3 Å². The highest BCUT2D eigenvalue weighted by atomic mass is 19.1. The second kappa shape index (κ2) is 7.09. The minimum Gasteiger partial charge on any atom is -0.469 e. The van der Waals surface area contributed by atoms with E-state index in [0.29, 0.717) is 25.8 Å². The fourth-order valence-corrected chi connectivity index (χ4v) is 2.43. The zero-order valence-electron chi connectivity index (χ0n) is 12.5. The molecule has 0 unspecified atom stereocenters. The Balaban J connectivity index is 1.43. The molecule has 2 heterocycles. The minimum atomic E-state index is -0.616. The summed E-state index contributed by atoms with van der Waals surface area (Å²) in [6.45, 7) is 0.478. The summed E-state index contributed by atoms with van der Waals surface area (Å²) >= 11 is 0. The smallest absolute Gasteiger partial charge is 0.264 e. The minimum absolute atomic E-state index is 0.199. The maximum atomic E-state index is 13.2. The van der Waals surface area contributed by atoms with Crippen molar-refractivity contribution in [3.63, 3.8) is 0 Å². The van der Waals surface area contributed by atoms with Gasteiger partial charge in [-0.3, -0.25) is 4.79 Å². The molecule has 2 aromatic rings. The molecule has 1 atom stereocenters. The normalized spacial score (nSPS) is 16.7. The van der Waals surface area contributed by atoms with Crippen LogP contribution in [0.1, 0.15) is 17.7 Å². The molecule has 0 spiro atoms. The number of hydrogen-bond donors (Lipinski definition) is 1. The molecule has 0 bridgehead atoms. The van der Waals surface area contributed by atoms with Crippen LogP contribution in [0.15, 0.2) is 52.2 Å². The topological polar surface area (TPSA) is 63.8 Å². The van der Waals surface area contributed by atoms with Gasteiger partial charge in [0.05, 0.1) is 12.0 Å². The van der Waals surface area contributed by atoms with Crippen molar-refractivity contribution in [1.29, 1.82) is 0 Å². The van der Waals surface area contributed by atoms with Gasteiger partial charge >= 0.3 is 0 Å². The number of rotatable bonds is 6. The van der Waals surface area contributed by atoms with Crippen LogP contribution >= 0.6 is 0 Å². The van der Waals surface area contributed by atoms with Gasteiger partial charge in [-0.15, -0.1) is 0 Å². The van der Waals surface area contributed by atoms with E-state index >= 15 is 0 Å². The van der Waals surface area contributed by atoms with Gasteiger partial charge in [-0.1, -0.05) is 17.3 Å². The third kappa shape index (κ3) is 4.18. The Kier molecular flexibility index (Phi) is 4.71. The first-order valence-corrected chi connectivity index (χ1v) is 7.47. The Labute approximate surface area is 133 Å². The first-order valence-electron chi connectivity index (χ1n) is 7.47. The maximum Gasteiger partial charge on any atom is 0.264 e. The van der Waals surface area contributed by atoms with Crippen molar-refractivity contribution in [2.75, 3.05) is 6.54 Å². The van der Waals surface area contributed by atoms with Crippen LogP contribution < -0.4 is 5.32 Å². The third-order valence-electron chi connectivity index (χ3n) is 3.57. The first-order chi connectivity index (χ1) is 11.2. The lowest BCUT2D eigenvalue weighted by molar-refractivity contribution is -0.131. The lowest BCUT2D eigenvalue weighted by Gasteiger charge is -2.08. The summed E-state index contributed by atoms with van der Waals surface area (Å²) in [5.41, 5.74) is 1.55.